The highest BCUT2D eigenvalue weighted by Gasteiger charge is 2.52. The van der Waals surface area contributed by atoms with Gasteiger partial charge in [0.05, 0.1) is 24.7 Å². The summed E-state index contributed by atoms with van der Waals surface area (Å²) in [4.78, 5) is 61.2. The summed E-state index contributed by atoms with van der Waals surface area (Å²) in [6, 6.07) is 18.2. The van der Waals surface area contributed by atoms with Crippen molar-refractivity contribution in [2.75, 3.05) is 13.2 Å². The normalized spacial score (nSPS) is 23.5. The average Bonchev–Trinajstić information content (AvgIpc) is 3.14. The van der Waals surface area contributed by atoms with E-state index in [0.29, 0.717) is 36.3 Å². The minimum atomic E-state index is -1.29. The number of carbonyl (C=O) groups excluding carboxylic acids is 5. The van der Waals surface area contributed by atoms with Crippen LogP contribution in [-0.4, -0.2) is 72.5 Å². The van der Waals surface area contributed by atoms with Gasteiger partial charge in [-0.15, -0.1) is 0 Å². The van der Waals surface area contributed by atoms with Gasteiger partial charge in [0.15, 0.2) is 18.3 Å². The van der Waals surface area contributed by atoms with Gasteiger partial charge in [-0.05, 0) is 59.7 Å². The highest BCUT2D eigenvalue weighted by molar-refractivity contribution is 5.87. The van der Waals surface area contributed by atoms with Gasteiger partial charge in [0, 0.05) is 33.3 Å². The Hall–Kier alpha value is -5.34. The molecule has 2 saturated heterocycles. The van der Waals surface area contributed by atoms with Crippen LogP contribution >= 0.6 is 0 Å². The predicted octanol–water partition coefficient (Wildman–Crippen LogP) is 5.77. The van der Waals surface area contributed by atoms with Crippen LogP contribution in [0.15, 0.2) is 66.7 Å². The number of amides is 1. The van der Waals surface area contributed by atoms with E-state index in [1.54, 1.807) is 12.1 Å². The van der Waals surface area contributed by atoms with Crippen LogP contribution in [0.5, 0.6) is 5.75 Å². The van der Waals surface area contributed by atoms with Gasteiger partial charge in [-0.2, -0.15) is 0 Å². The van der Waals surface area contributed by atoms with Crippen molar-refractivity contribution in [1.82, 2.24) is 5.32 Å². The molecule has 2 N–H and O–H groups in total. The average molecular weight is 778 g/mol. The van der Waals surface area contributed by atoms with Gasteiger partial charge in [0.25, 0.3) is 0 Å². The van der Waals surface area contributed by atoms with Crippen LogP contribution in [0.1, 0.15) is 95.2 Å². The number of nitrogens with one attached hydrogen (secondary N) is 1. The molecule has 0 spiro atoms. The molecule has 14 heteroatoms. The smallest absolute Gasteiger partial charge is 0.303 e. The van der Waals surface area contributed by atoms with Crippen LogP contribution < -0.4 is 10.1 Å². The highest BCUT2D eigenvalue weighted by atomic mass is 19.1. The molecule has 1 amide bonds. The maximum Gasteiger partial charge on any atom is 0.303 e. The second kappa shape index (κ2) is 19.0. The Kier molecular flexibility index (Phi) is 14.2. The summed E-state index contributed by atoms with van der Waals surface area (Å²) in [7, 11) is 0. The largest absolute Gasteiger partial charge is 0.493 e. The maximum absolute atomic E-state index is 13.4. The number of halogens is 1. The summed E-state index contributed by atoms with van der Waals surface area (Å²) < 4.78 is 47.9. The summed E-state index contributed by atoms with van der Waals surface area (Å²) in [6.45, 7) is 6.91. The van der Waals surface area contributed by atoms with Crippen molar-refractivity contribution in [2.24, 2.45) is 5.92 Å². The van der Waals surface area contributed by atoms with E-state index >= 15 is 0 Å². The van der Waals surface area contributed by atoms with E-state index < -0.39 is 72.2 Å². The quantitative estimate of drug-likeness (QED) is 0.0780. The molecular formula is C42H48FNO12. The summed E-state index contributed by atoms with van der Waals surface area (Å²) in [6.07, 6.45) is -4.29. The number of rotatable bonds is 16. The number of ether oxygens (including phenoxy) is 6. The van der Waals surface area contributed by atoms with Crippen LogP contribution in [0.3, 0.4) is 0 Å². The molecule has 0 radical (unpaired) electrons. The van der Waals surface area contributed by atoms with Crippen molar-refractivity contribution >= 4 is 29.8 Å². The number of carbonyl (C=O) groups is 5. The third-order valence-corrected chi connectivity index (χ3v) is 9.71. The predicted molar refractivity (Wildman–Crippen MR) is 198 cm³/mol. The van der Waals surface area contributed by atoms with E-state index in [4.69, 9.17) is 28.4 Å². The first-order chi connectivity index (χ1) is 26.7. The van der Waals surface area contributed by atoms with Gasteiger partial charge >= 0.3 is 23.9 Å². The molecule has 5 rings (SSSR count). The van der Waals surface area contributed by atoms with Crippen molar-refractivity contribution in [2.45, 2.75) is 103 Å². The van der Waals surface area contributed by atoms with Gasteiger partial charge in [-0.1, -0.05) is 61.9 Å². The molecule has 8 atom stereocenters. The molecule has 2 heterocycles. The second-order valence-corrected chi connectivity index (χ2v) is 13.9. The van der Waals surface area contributed by atoms with Gasteiger partial charge < -0.3 is 38.8 Å². The van der Waals surface area contributed by atoms with E-state index in [9.17, 15) is 33.5 Å². The molecule has 3 aromatic carbocycles. The zero-order valence-corrected chi connectivity index (χ0v) is 32.0. The first-order valence-electron chi connectivity index (χ1n) is 18.7. The van der Waals surface area contributed by atoms with Crippen LogP contribution in [0.4, 0.5) is 4.39 Å². The first-order valence-corrected chi connectivity index (χ1v) is 18.7. The SMILES string of the molecule is CCCCOc1cc(-c2ccc(C3O[C@H](COC(C)=O)[C@@H](OC(C)=O)[C@H](OC(C)=O)[C@H]3OC(C)=O)cc2)ccc1[C@H]1NC(=O)[C@@H]1CC[C@H](O)c1ccc(F)cc1. The third kappa shape index (κ3) is 10.5. The molecule has 56 heavy (non-hydrogen) atoms. The van der Waals surface area contributed by atoms with Crippen molar-refractivity contribution in [3.63, 3.8) is 0 Å². The standard InChI is InChI=1S/C42H48FNO12/c1-6-7-20-51-35-21-30(14-17-32(35)37-33(42(50)44-37)18-19-34(49)28-12-15-31(43)16-13-28)27-8-10-29(11-9-27)38-40(54-25(4)47)41(55-26(5)48)39(53-24(3)46)36(56-38)22-52-23(2)45/h8-17,21,33-34,36-41,49H,6-7,18-20,22H2,1-5H3,(H,44,50)/t33-,34+,36-,37-,38?,39-,40+,41+/m1/s1. The summed E-state index contributed by atoms with van der Waals surface area (Å²) in [5.41, 5.74) is 3.52. The Balaban J connectivity index is 1.41. The van der Waals surface area contributed by atoms with E-state index in [0.717, 1.165) is 36.5 Å². The van der Waals surface area contributed by atoms with Crippen molar-refractivity contribution in [3.05, 3.63) is 89.2 Å². The fourth-order valence-corrected chi connectivity index (χ4v) is 6.98. The summed E-state index contributed by atoms with van der Waals surface area (Å²) in [5, 5.41) is 13.7. The number of benzene rings is 3. The number of hydrogen-bond acceptors (Lipinski definition) is 12. The van der Waals surface area contributed by atoms with Gasteiger partial charge in [0.2, 0.25) is 5.91 Å². The zero-order valence-electron chi connectivity index (χ0n) is 32.0. The minimum Gasteiger partial charge on any atom is -0.493 e. The lowest BCUT2D eigenvalue weighted by atomic mass is 9.80. The monoisotopic (exact) mass is 777 g/mol. The fraction of sp³-hybridized carbons (Fsp3) is 0.452. The number of aliphatic hydroxyl groups is 1. The van der Waals surface area contributed by atoms with E-state index in [2.05, 4.69) is 12.2 Å². The van der Waals surface area contributed by atoms with E-state index in [-0.39, 0.29) is 18.6 Å². The van der Waals surface area contributed by atoms with Crippen molar-refractivity contribution < 1.29 is 61.9 Å². The number of β-lactam (4-membered cyclic amide) rings is 1. The zero-order chi connectivity index (χ0) is 40.5. The molecule has 13 nitrogen and oxygen atoms in total. The van der Waals surface area contributed by atoms with Crippen molar-refractivity contribution in [3.8, 4) is 16.9 Å². The lowest BCUT2D eigenvalue weighted by molar-refractivity contribution is -0.254. The number of esters is 4. The van der Waals surface area contributed by atoms with Crippen molar-refractivity contribution in [1.29, 1.82) is 0 Å². The van der Waals surface area contributed by atoms with Crippen LogP contribution in [0, 0.1) is 11.7 Å². The molecule has 0 aromatic heterocycles. The highest BCUT2D eigenvalue weighted by Crippen LogP contribution is 2.42. The van der Waals surface area contributed by atoms with Gasteiger partial charge in [-0.3, -0.25) is 24.0 Å². The van der Waals surface area contributed by atoms with Gasteiger partial charge in [0.1, 0.15) is 30.4 Å². The van der Waals surface area contributed by atoms with Gasteiger partial charge in [-0.25, -0.2) is 4.39 Å². The Morgan fingerprint density at radius 3 is 2.05 bits per heavy atom. The molecule has 300 valence electrons. The molecular weight excluding hydrogens is 729 g/mol. The Bertz CT molecular complexity index is 1870. The van der Waals surface area contributed by atoms with Crippen LogP contribution in [0.2, 0.25) is 0 Å². The number of unbranched alkanes of at least 4 members (excludes halogenated alkanes) is 1. The van der Waals surface area contributed by atoms with Crippen LogP contribution in [-0.2, 0) is 47.7 Å². The topological polar surface area (TPSA) is 173 Å². The number of aliphatic hydroxyl groups excluding tert-OH is 1. The molecule has 2 aliphatic rings. The second-order valence-electron chi connectivity index (χ2n) is 13.9. The molecule has 0 saturated carbocycles. The lowest BCUT2D eigenvalue weighted by Gasteiger charge is -2.44. The Morgan fingerprint density at radius 2 is 1.45 bits per heavy atom. The molecule has 2 aliphatic heterocycles. The summed E-state index contributed by atoms with van der Waals surface area (Å²) in [5.74, 6) is -3.04. The van der Waals surface area contributed by atoms with E-state index in [1.165, 1.54) is 45.0 Å². The lowest BCUT2D eigenvalue weighted by Crippen LogP contribution is -2.59. The van der Waals surface area contributed by atoms with E-state index in [1.807, 2.05) is 30.3 Å². The molecule has 0 bridgehead atoms. The Morgan fingerprint density at radius 1 is 0.821 bits per heavy atom. The molecule has 2 fully saturated rings. The first kappa shape index (κ1) is 41.8. The summed E-state index contributed by atoms with van der Waals surface area (Å²) >= 11 is 0. The third-order valence-electron chi connectivity index (χ3n) is 9.71. The maximum atomic E-state index is 13.4. The number of hydrogen-bond donors (Lipinski definition) is 2. The van der Waals surface area contributed by atoms with Crippen LogP contribution in [0.25, 0.3) is 11.1 Å². The minimum absolute atomic E-state index is 0.123. The molecule has 0 aliphatic carbocycles. The molecule has 1 unspecified atom stereocenters. The Labute approximate surface area is 324 Å². The molecule has 3 aromatic rings. The fourth-order valence-electron chi connectivity index (χ4n) is 6.98.